The average molecular weight is 290 g/mol. The van der Waals surface area contributed by atoms with Crippen molar-refractivity contribution in [1.82, 2.24) is 20.2 Å². The molecule has 0 aliphatic carbocycles. The number of H-pyrrole nitrogens is 1. The first-order valence-electron chi connectivity index (χ1n) is 5.95. The van der Waals surface area contributed by atoms with Crippen LogP contribution < -0.4 is 10.1 Å². The fourth-order valence-corrected chi connectivity index (χ4v) is 2.12. The fraction of sp³-hybridized carbons (Fsp3) is 0.154. The minimum absolute atomic E-state index is 0.149. The van der Waals surface area contributed by atoms with E-state index in [-0.39, 0.29) is 5.28 Å². The fourth-order valence-electron chi connectivity index (χ4n) is 1.95. The molecule has 0 radical (unpaired) electrons. The smallest absolute Gasteiger partial charge is 0.226 e. The Morgan fingerprint density at radius 2 is 2.15 bits per heavy atom. The van der Waals surface area contributed by atoms with Crippen LogP contribution in [0.3, 0.4) is 0 Å². The number of nitrogens with zero attached hydrogens (tertiary/aromatic N) is 3. The van der Waals surface area contributed by atoms with Crippen molar-refractivity contribution >= 4 is 34.1 Å². The van der Waals surface area contributed by atoms with Crippen LogP contribution >= 0.6 is 11.6 Å². The zero-order valence-electron chi connectivity index (χ0n) is 10.9. The first kappa shape index (κ1) is 12.7. The zero-order valence-corrected chi connectivity index (χ0v) is 11.7. The molecule has 0 spiro atoms. The number of fused-ring (bicyclic) bond motifs is 1. The molecule has 2 heterocycles. The van der Waals surface area contributed by atoms with E-state index in [0.29, 0.717) is 11.5 Å². The average Bonchev–Trinajstić information content (AvgIpc) is 2.87. The van der Waals surface area contributed by atoms with E-state index in [1.807, 2.05) is 25.1 Å². The van der Waals surface area contributed by atoms with E-state index < -0.39 is 0 Å². The highest BCUT2D eigenvalue weighted by molar-refractivity contribution is 6.28. The van der Waals surface area contributed by atoms with E-state index in [9.17, 15) is 0 Å². The molecule has 102 valence electrons. The summed E-state index contributed by atoms with van der Waals surface area (Å²) in [6.07, 6.45) is 1.65. The number of ether oxygens (including phenoxy) is 1. The molecule has 0 fully saturated rings. The molecule has 0 unspecified atom stereocenters. The molecule has 0 amide bonds. The molecule has 20 heavy (non-hydrogen) atoms. The second-order valence-electron chi connectivity index (χ2n) is 4.30. The SMILES string of the molecule is COc1ccc(C)cc1Nc1nc(Cl)nc2[nH]ncc12. The highest BCUT2D eigenvalue weighted by Crippen LogP contribution is 2.30. The number of aryl methyl sites for hydroxylation is 1. The number of hydrogen-bond donors (Lipinski definition) is 2. The van der Waals surface area contributed by atoms with Crippen LogP contribution in [0.5, 0.6) is 5.75 Å². The first-order chi connectivity index (χ1) is 9.67. The van der Waals surface area contributed by atoms with Crippen LogP contribution in [0, 0.1) is 6.92 Å². The second kappa shape index (κ2) is 4.97. The Labute approximate surface area is 120 Å². The molecule has 0 saturated heterocycles. The number of methoxy groups -OCH3 is 1. The molecule has 2 aromatic heterocycles. The Morgan fingerprint density at radius 3 is 2.95 bits per heavy atom. The maximum atomic E-state index is 5.91. The molecule has 1 aromatic carbocycles. The van der Waals surface area contributed by atoms with Gasteiger partial charge in [-0.3, -0.25) is 5.10 Å². The third kappa shape index (κ3) is 2.25. The minimum Gasteiger partial charge on any atom is -0.495 e. The van der Waals surface area contributed by atoms with E-state index >= 15 is 0 Å². The Bertz CT molecular complexity index is 771. The van der Waals surface area contributed by atoms with Crippen molar-refractivity contribution in [3.63, 3.8) is 0 Å². The van der Waals surface area contributed by atoms with Crippen molar-refractivity contribution in [2.45, 2.75) is 6.92 Å². The van der Waals surface area contributed by atoms with E-state index in [0.717, 1.165) is 22.4 Å². The van der Waals surface area contributed by atoms with Gasteiger partial charge in [-0.15, -0.1) is 0 Å². The minimum atomic E-state index is 0.149. The summed E-state index contributed by atoms with van der Waals surface area (Å²) in [4.78, 5) is 8.26. The van der Waals surface area contributed by atoms with Crippen LogP contribution in [0.4, 0.5) is 11.5 Å². The van der Waals surface area contributed by atoms with Crippen molar-refractivity contribution in [1.29, 1.82) is 0 Å². The van der Waals surface area contributed by atoms with Gasteiger partial charge in [0, 0.05) is 0 Å². The molecule has 3 rings (SSSR count). The molecule has 0 aliphatic rings. The van der Waals surface area contributed by atoms with Gasteiger partial charge in [-0.05, 0) is 36.2 Å². The van der Waals surface area contributed by atoms with E-state index in [1.165, 1.54) is 0 Å². The first-order valence-corrected chi connectivity index (χ1v) is 6.33. The van der Waals surface area contributed by atoms with Gasteiger partial charge in [0.1, 0.15) is 11.6 Å². The third-order valence-electron chi connectivity index (χ3n) is 2.89. The van der Waals surface area contributed by atoms with Gasteiger partial charge in [0.15, 0.2) is 5.65 Å². The second-order valence-corrected chi connectivity index (χ2v) is 4.64. The summed E-state index contributed by atoms with van der Waals surface area (Å²) in [5, 5.41) is 10.8. The lowest BCUT2D eigenvalue weighted by Crippen LogP contribution is -1.99. The van der Waals surface area contributed by atoms with Crippen LogP contribution in [0.1, 0.15) is 5.56 Å². The topological polar surface area (TPSA) is 75.7 Å². The lowest BCUT2D eigenvalue weighted by atomic mass is 10.2. The Hall–Kier alpha value is -2.34. The van der Waals surface area contributed by atoms with Crippen LogP contribution in [-0.2, 0) is 0 Å². The largest absolute Gasteiger partial charge is 0.495 e. The molecule has 0 aliphatic heterocycles. The summed E-state index contributed by atoms with van der Waals surface area (Å²) in [5.41, 5.74) is 2.50. The Morgan fingerprint density at radius 1 is 1.30 bits per heavy atom. The van der Waals surface area contributed by atoms with Gasteiger partial charge in [0.05, 0.1) is 24.4 Å². The van der Waals surface area contributed by atoms with Gasteiger partial charge < -0.3 is 10.1 Å². The van der Waals surface area contributed by atoms with E-state index in [1.54, 1.807) is 13.3 Å². The van der Waals surface area contributed by atoms with Crippen LogP contribution in [0.15, 0.2) is 24.4 Å². The van der Waals surface area contributed by atoms with Crippen molar-refractivity contribution < 1.29 is 4.74 Å². The van der Waals surface area contributed by atoms with E-state index in [2.05, 4.69) is 25.5 Å². The predicted octanol–water partition coefficient (Wildman–Crippen LogP) is 3.07. The summed E-state index contributed by atoms with van der Waals surface area (Å²) in [5.74, 6) is 1.31. The third-order valence-corrected chi connectivity index (χ3v) is 3.06. The van der Waals surface area contributed by atoms with Gasteiger partial charge >= 0.3 is 0 Å². The molecule has 2 N–H and O–H groups in total. The van der Waals surface area contributed by atoms with Gasteiger partial charge in [0.2, 0.25) is 5.28 Å². The standard InChI is InChI=1S/C13H12ClN5O/c1-7-3-4-10(20-2)9(5-7)16-11-8-6-15-19-12(8)18-13(14)17-11/h3-6H,1-2H3,(H2,15,16,17,18,19). The Balaban J connectivity index is 2.09. The molecule has 7 heteroatoms. The zero-order chi connectivity index (χ0) is 14.1. The Kier molecular flexibility index (Phi) is 3.15. The summed E-state index contributed by atoms with van der Waals surface area (Å²) < 4.78 is 5.33. The monoisotopic (exact) mass is 289 g/mol. The molecule has 0 bridgehead atoms. The van der Waals surface area contributed by atoms with Gasteiger partial charge in [-0.1, -0.05) is 6.07 Å². The molecule has 0 atom stereocenters. The van der Waals surface area contributed by atoms with Crippen molar-refractivity contribution in [2.24, 2.45) is 0 Å². The lowest BCUT2D eigenvalue weighted by Gasteiger charge is -2.12. The predicted molar refractivity (Wildman–Crippen MR) is 77.7 cm³/mol. The normalized spacial score (nSPS) is 10.8. The molecule has 0 saturated carbocycles. The number of anilines is 2. The number of hydrogen-bond acceptors (Lipinski definition) is 5. The van der Waals surface area contributed by atoms with Crippen LogP contribution in [-0.4, -0.2) is 27.3 Å². The molecule has 3 aromatic rings. The van der Waals surface area contributed by atoms with Crippen LogP contribution in [0.2, 0.25) is 5.28 Å². The summed E-state index contributed by atoms with van der Waals surface area (Å²) in [7, 11) is 1.62. The van der Waals surface area contributed by atoms with Gasteiger partial charge in [-0.25, -0.2) is 0 Å². The summed E-state index contributed by atoms with van der Waals surface area (Å²) >= 11 is 5.91. The van der Waals surface area contributed by atoms with Crippen molar-refractivity contribution in [2.75, 3.05) is 12.4 Å². The number of aromatic amines is 1. The number of benzene rings is 1. The van der Waals surface area contributed by atoms with Crippen LogP contribution in [0.25, 0.3) is 11.0 Å². The lowest BCUT2D eigenvalue weighted by molar-refractivity contribution is 0.416. The summed E-state index contributed by atoms with van der Waals surface area (Å²) in [6, 6.07) is 5.85. The maximum absolute atomic E-state index is 5.91. The molecular formula is C13H12ClN5O. The van der Waals surface area contributed by atoms with Crippen molar-refractivity contribution in [3.8, 4) is 5.75 Å². The van der Waals surface area contributed by atoms with Crippen molar-refractivity contribution in [3.05, 3.63) is 35.2 Å². The highest BCUT2D eigenvalue weighted by atomic mass is 35.5. The number of halogens is 1. The summed E-state index contributed by atoms with van der Waals surface area (Å²) in [6.45, 7) is 2.00. The molecular weight excluding hydrogens is 278 g/mol. The molecule has 6 nitrogen and oxygen atoms in total. The van der Waals surface area contributed by atoms with Gasteiger partial charge in [-0.2, -0.15) is 15.1 Å². The maximum Gasteiger partial charge on any atom is 0.226 e. The highest BCUT2D eigenvalue weighted by Gasteiger charge is 2.11. The number of rotatable bonds is 3. The quantitative estimate of drug-likeness (QED) is 0.725. The number of nitrogens with one attached hydrogen (secondary N) is 2. The van der Waals surface area contributed by atoms with Gasteiger partial charge in [0.25, 0.3) is 0 Å². The number of aromatic nitrogens is 4. The van der Waals surface area contributed by atoms with E-state index in [4.69, 9.17) is 16.3 Å².